The van der Waals surface area contributed by atoms with Crippen molar-refractivity contribution >= 4 is 46.7 Å². The van der Waals surface area contributed by atoms with E-state index < -0.39 is 18.2 Å². The van der Waals surface area contributed by atoms with Crippen LogP contribution >= 0.6 is 22.7 Å². The van der Waals surface area contributed by atoms with Gasteiger partial charge in [0.25, 0.3) is 0 Å². The number of nitrogens with zero attached hydrogens (tertiary/aromatic N) is 5. The summed E-state index contributed by atoms with van der Waals surface area (Å²) >= 11 is 2.97. The molecular formula is C33H46N10O4S2. The zero-order chi connectivity index (χ0) is 35.6. The van der Waals surface area contributed by atoms with Crippen molar-refractivity contribution in [1.82, 2.24) is 41.5 Å². The number of nitrogens with one attached hydrogen (secondary N) is 5. The molecular weight excluding hydrogens is 665 g/mol. The van der Waals surface area contributed by atoms with Gasteiger partial charge >= 0.3 is 12.1 Å². The van der Waals surface area contributed by atoms with Crippen LogP contribution in [0.15, 0.2) is 52.4 Å². The van der Waals surface area contributed by atoms with Gasteiger partial charge in [0.2, 0.25) is 11.9 Å². The van der Waals surface area contributed by atoms with E-state index in [1.165, 1.54) is 23.3 Å². The van der Waals surface area contributed by atoms with Crippen LogP contribution in [0.2, 0.25) is 0 Å². The molecule has 2 aromatic heterocycles. The van der Waals surface area contributed by atoms with Crippen molar-refractivity contribution in [3.05, 3.63) is 68.6 Å². The molecule has 264 valence electrons. The van der Waals surface area contributed by atoms with E-state index in [0.717, 1.165) is 21.1 Å². The maximum absolute atomic E-state index is 13.6. The van der Waals surface area contributed by atoms with Gasteiger partial charge < -0.3 is 30.9 Å². The topological polar surface area (TPSA) is 186 Å². The summed E-state index contributed by atoms with van der Waals surface area (Å²) in [6.45, 7) is 6.71. The summed E-state index contributed by atoms with van der Waals surface area (Å²) < 4.78 is 5.41. The third kappa shape index (κ3) is 14.1. The highest BCUT2D eigenvalue weighted by molar-refractivity contribution is 7.09. The van der Waals surface area contributed by atoms with E-state index in [9.17, 15) is 14.4 Å². The van der Waals surface area contributed by atoms with Crippen LogP contribution < -0.4 is 26.6 Å². The lowest BCUT2D eigenvalue weighted by Gasteiger charge is -2.25. The molecule has 0 aliphatic carbocycles. The maximum atomic E-state index is 13.6. The fourth-order valence-corrected chi connectivity index (χ4v) is 6.05. The molecule has 0 saturated carbocycles. The minimum Gasteiger partial charge on any atom is -0.444 e. The number of nitriles is 1. The van der Waals surface area contributed by atoms with E-state index in [0.29, 0.717) is 31.7 Å². The Balaban J connectivity index is 1.61. The number of benzene rings is 1. The number of alkyl carbamates (subject to hydrolysis) is 1. The first-order chi connectivity index (χ1) is 23.6. The van der Waals surface area contributed by atoms with Crippen molar-refractivity contribution in [2.75, 3.05) is 20.6 Å². The Bertz CT molecular complexity index is 1530. The number of thiazole rings is 2. The Kier molecular flexibility index (Phi) is 16.3. The van der Waals surface area contributed by atoms with Crippen molar-refractivity contribution < 1.29 is 19.1 Å². The minimum atomic E-state index is -0.883. The van der Waals surface area contributed by atoms with Crippen LogP contribution in [-0.4, -0.2) is 77.6 Å². The molecule has 4 amide bonds. The van der Waals surface area contributed by atoms with Crippen LogP contribution in [-0.2, 0) is 29.1 Å². The highest BCUT2D eigenvalue weighted by Gasteiger charge is 2.25. The van der Waals surface area contributed by atoms with E-state index in [4.69, 9.17) is 10.00 Å². The largest absolute Gasteiger partial charge is 0.444 e. The van der Waals surface area contributed by atoms with Gasteiger partial charge in [0.15, 0.2) is 6.19 Å². The van der Waals surface area contributed by atoms with Gasteiger partial charge in [0, 0.05) is 50.2 Å². The summed E-state index contributed by atoms with van der Waals surface area (Å²) in [5.41, 5.74) is 3.52. The van der Waals surface area contributed by atoms with Crippen molar-refractivity contribution in [3.8, 4) is 6.19 Å². The summed E-state index contributed by atoms with van der Waals surface area (Å²) in [6.07, 6.45) is 4.88. The molecule has 0 radical (unpaired) electrons. The molecule has 5 N–H and O–H groups in total. The normalized spacial score (nSPS) is 13.0. The van der Waals surface area contributed by atoms with E-state index in [1.54, 1.807) is 30.1 Å². The van der Waals surface area contributed by atoms with Crippen LogP contribution in [0.4, 0.5) is 9.59 Å². The average molecular weight is 711 g/mol. The van der Waals surface area contributed by atoms with Crippen molar-refractivity contribution in [3.63, 3.8) is 0 Å². The van der Waals surface area contributed by atoms with Gasteiger partial charge in [-0.1, -0.05) is 44.2 Å². The zero-order valence-electron chi connectivity index (χ0n) is 28.6. The highest BCUT2D eigenvalue weighted by Crippen LogP contribution is 2.20. The number of aromatic nitrogens is 2. The molecule has 3 atom stereocenters. The Hall–Kier alpha value is -4.75. The molecule has 16 heteroatoms. The second kappa shape index (κ2) is 20.6. The first kappa shape index (κ1) is 38.7. The SMILES string of the molecule is CN=C(NC#N)NCC[C@H](NC(=O)N(C)Cc1csc(C(C)C)n1)C(=O)N[C@@H](C)CC[C@H](Cc1ccccc1)NC(=O)OCc1cncs1. The molecule has 0 bridgehead atoms. The van der Waals surface area contributed by atoms with E-state index in [2.05, 4.69) is 55.4 Å². The van der Waals surface area contributed by atoms with Gasteiger partial charge in [-0.05, 0) is 38.2 Å². The van der Waals surface area contributed by atoms with Gasteiger partial charge in [-0.3, -0.25) is 20.1 Å². The number of amides is 4. The van der Waals surface area contributed by atoms with E-state index >= 15 is 0 Å². The second-order valence-electron chi connectivity index (χ2n) is 11.8. The maximum Gasteiger partial charge on any atom is 0.407 e. The summed E-state index contributed by atoms with van der Waals surface area (Å²) in [6, 6.07) is 8.01. The number of ether oxygens (including phenoxy) is 1. The number of hydrogen-bond acceptors (Lipinski definition) is 10. The summed E-state index contributed by atoms with van der Waals surface area (Å²) in [5.74, 6) is 0.192. The van der Waals surface area contributed by atoms with Crippen LogP contribution in [0.25, 0.3) is 0 Å². The Morgan fingerprint density at radius 2 is 1.84 bits per heavy atom. The number of hydrogen-bond donors (Lipinski definition) is 5. The van der Waals surface area contributed by atoms with Gasteiger partial charge in [-0.15, -0.1) is 22.7 Å². The Labute approximate surface area is 295 Å². The predicted octanol–water partition coefficient (Wildman–Crippen LogP) is 4.09. The fourth-order valence-electron chi connectivity index (χ4n) is 4.72. The summed E-state index contributed by atoms with van der Waals surface area (Å²) in [4.78, 5) is 54.3. The lowest BCUT2D eigenvalue weighted by Crippen LogP contribution is -2.53. The standard InChI is InChI=1S/C33H46N10O4S2/c1-22(2)30-40-26(19-48-30)17-43(5)32(45)42-28(13-14-37-31(35-4)38-20-34)29(44)39-23(3)11-12-25(15-24-9-7-6-8-10-24)41-33(46)47-18-27-16-36-21-49-27/h6-10,16,19,21-23,25,28H,11-15,17-18H2,1-5H3,(H,39,44)(H,41,46)(H,42,45)(H2,35,37,38)/t23-,25+,28-/m0/s1. The number of carbonyl (C=O) groups excluding carboxylic acids is 3. The van der Waals surface area contributed by atoms with Crippen LogP contribution in [0, 0.1) is 11.5 Å². The van der Waals surface area contributed by atoms with E-state index in [1.807, 2.05) is 48.8 Å². The van der Waals surface area contributed by atoms with Crippen molar-refractivity contribution in [2.45, 2.75) is 83.6 Å². The number of carbonyl (C=O) groups is 3. The monoisotopic (exact) mass is 710 g/mol. The average Bonchev–Trinajstić information content (AvgIpc) is 3.78. The first-order valence-corrected chi connectivity index (χ1v) is 17.8. The van der Waals surface area contributed by atoms with Gasteiger partial charge in [-0.25, -0.2) is 14.6 Å². The molecule has 2 heterocycles. The lowest BCUT2D eigenvalue weighted by atomic mass is 9.99. The quantitative estimate of drug-likeness (QED) is 0.0596. The Morgan fingerprint density at radius 1 is 1.06 bits per heavy atom. The molecule has 49 heavy (non-hydrogen) atoms. The predicted molar refractivity (Wildman–Crippen MR) is 191 cm³/mol. The molecule has 3 rings (SSSR count). The van der Waals surface area contributed by atoms with Crippen molar-refractivity contribution in [2.24, 2.45) is 4.99 Å². The van der Waals surface area contributed by atoms with Gasteiger partial charge in [0.05, 0.1) is 27.6 Å². The highest BCUT2D eigenvalue weighted by atomic mass is 32.1. The molecule has 1 aromatic carbocycles. The molecule has 0 unspecified atom stereocenters. The molecule has 3 aromatic rings. The van der Waals surface area contributed by atoms with Crippen LogP contribution in [0.1, 0.15) is 67.1 Å². The van der Waals surface area contributed by atoms with Crippen LogP contribution in [0.5, 0.6) is 0 Å². The Morgan fingerprint density at radius 3 is 2.49 bits per heavy atom. The third-order valence-electron chi connectivity index (χ3n) is 7.36. The number of rotatable bonds is 17. The second-order valence-corrected chi connectivity index (χ2v) is 13.6. The molecule has 0 spiro atoms. The molecule has 14 nitrogen and oxygen atoms in total. The molecule has 0 fully saturated rings. The summed E-state index contributed by atoms with van der Waals surface area (Å²) in [7, 11) is 3.18. The van der Waals surface area contributed by atoms with Gasteiger partial charge in [-0.2, -0.15) is 5.26 Å². The molecule has 0 aliphatic rings. The minimum absolute atomic E-state index is 0.138. The zero-order valence-corrected chi connectivity index (χ0v) is 30.2. The smallest absolute Gasteiger partial charge is 0.407 e. The number of urea groups is 1. The first-order valence-electron chi connectivity index (χ1n) is 16.0. The summed E-state index contributed by atoms with van der Waals surface area (Å²) in [5, 5.41) is 26.1. The van der Waals surface area contributed by atoms with Gasteiger partial charge in [0.1, 0.15) is 12.6 Å². The van der Waals surface area contributed by atoms with Crippen LogP contribution in [0.3, 0.4) is 0 Å². The number of aliphatic imine (C=N–C) groups is 1. The molecule has 0 aliphatic heterocycles. The third-order valence-corrected chi connectivity index (χ3v) is 9.31. The van der Waals surface area contributed by atoms with E-state index in [-0.39, 0.29) is 43.5 Å². The fraction of sp³-hybridized carbons (Fsp3) is 0.485. The number of guanidine groups is 1. The van der Waals surface area contributed by atoms with Crippen molar-refractivity contribution in [1.29, 1.82) is 5.26 Å². The molecule has 0 saturated heterocycles. The lowest BCUT2D eigenvalue weighted by molar-refractivity contribution is -0.123.